The molecular weight excluding hydrogens is 304 g/mol. The molecule has 108 valence electrons. The lowest BCUT2D eigenvalue weighted by molar-refractivity contribution is -0.114. The number of hydrogen-bond donors (Lipinski definition) is 0. The molecule has 0 atom stereocenters. The molecule has 3 rings (SSSR count). The number of ketones is 1. The van der Waals surface area contributed by atoms with Crippen LogP contribution < -0.4 is 4.90 Å². The normalized spacial score (nSPS) is 14.0. The SMILES string of the molecule is Cn1c(Cl)cnc1CN1C(=O)C(=O)c2c(F)cc(F)cc21. The molecule has 2 aromatic rings. The molecule has 0 saturated heterocycles. The molecule has 0 saturated carbocycles. The molecule has 0 bridgehead atoms. The summed E-state index contributed by atoms with van der Waals surface area (Å²) in [7, 11) is 1.63. The second-order valence-electron chi connectivity index (χ2n) is 4.56. The molecule has 1 aromatic heterocycles. The summed E-state index contributed by atoms with van der Waals surface area (Å²) in [5.74, 6) is -3.45. The third-order valence-corrected chi connectivity index (χ3v) is 3.67. The zero-order valence-electron chi connectivity index (χ0n) is 10.7. The first-order valence-corrected chi connectivity index (χ1v) is 6.29. The fourth-order valence-corrected chi connectivity index (χ4v) is 2.35. The Morgan fingerprint density at radius 2 is 2.00 bits per heavy atom. The maximum absolute atomic E-state index is 13.7. The number of anilines is 1. The Bertz CT molecular complexity index is 788. The maximum Gasteiger partial charge on any atom is 0.300 e. The molecule has 1 aromatic carbocycles. The molecule has 0 radical (unpaired) electrons. The van der Waals surface area contributed by atoms with Crippen LogP contribution in [0.3, 0.4) is 0 Å². The lowest BCUT2D eigenvalue weighted by atomic mass is 10.1. The van der Waals surface area contributed by atoms with Crippen LogP contribution in [0.25, 0.3) is 0 Å². The van der Waals surface area contributed by atoms with Crippen molar-refractivity contribution < 1.29 is 18.4 Å². The van der Waals surface area contributed by atoms with Crippen LogP contribution in [0.4, 0.5) is 14.5 Å². The highest BCUT2D eigenvalue weighted by Gasteiger charge is 2.39. The van der Waals surface area contributed by atoms with Gasteiger partial charge in [0.15, 0.2) is 0 Å². The van der Waals surface area contributed by atoms with Crippen molar-refractivity contribution in [2.75, 3.05) is 4.90 Å². The topological polar surface area (TPSA) is 55.2 Å². The van der Waals surface area contributed by atoms with Gasteiger partial charge < -0.3 is 4.57 Å². The van der Waals surface area contributed by atoms with E-state index in [4.69, 9.17) is 11.6 Å². The van der Waals surface area contributed by atoms with Crippen molar-refractivity contribution in [1.82, 2.24) is 9.55 Å². The van der Waals surface area contributed by atoms with Crippen molar-refractivity contribution in [2.24, 2.45) is 7.05 Å². The van der Waals surface area contributed by atoms with Gasteiger partial charge in [0.05, 0.1) is 24.0 Å². The van der Waals surface area contributed by atoms with Gasteiger partial charge in [-0.05, 0) is 6.07 Å². The number of aromatic nitrogens is 2. The number of carbonyl (C=O) groups is 2. The number of halogens is 3. The Morgan fingerprint density at radius 1 is 1.29 bits per heavy atom. The highest BCUT2D eigenvalue weighted by Crippen LogP contribution is 2.33. The molecule has 1 aliphatic heterocycles. The Labute approximate surface area is 122 Å². The zero-order valence-corrected chi connectivity index (χ0v) is 11.5. The highest BCUT2D eigenvalue weighted by atomic mass is 35.5. The average molecular weight is 312 g/mol. The van der Waals surface area contributed by atoms with E-state index in [1.165, 1.54) is 10.8 Å². The van der Waals surface area contributed by atoms with Crippen LogP contribution in [-0.4, -0.2) is 21.2 Å². The Morgan fingerprint density at radius 3 is 2.62 bits per heavy atom. The zero-order chi connectivity index (χ0) is 15.3. The standard InChI is InChI=1S/C13H8ClF2N3O2/c1-18-9(14)4-17-10(18)5-19-8-3-6(15)2-7(16)11(8)12(20)13(19)21/h2-4H,5H2,1H3. The number of nitrogens with zero attached hydrogens (tertiary/aromatic N) is 3. The van der Waals surface area contributed by atoms with Crippen molar-refractivity contribution in [3.8, 4) is 0 Å². The van der Waals surface area contributed by atoms with Crippen molar-refractivity contribution >= 4 is 29.0 Å². The second-order valence-corrected chi connectivity index (χ2v) is 4.95. The summed E-state index contributed by atoms with van der Waals surface area (Å²) < 4.78 is 28.5. The fourth-order valence-electron chi connectivity index (χ4n) is 2.21. The molecule has 0 fully saturated rings. The largest absolute Gasteiger partial charge is 0.321 e. The van der Waals surface area contributed by atoms with Gasteiger partial charge in [-0.1, -0.05) is 11.6 Å². The fraction of sp³-hybridized carbons (Fsp3) is 0.154. The smallest absolute Gasteiger partial charge is 0.300 e. The van der Waals surface area contributed by atoms with Crippen LogP contribution in [0.2, 0.25) is 5.15 Å². The van der Waals surface area contributed by atoms with E-state index in [9.17, 15) is 18.4 Å². The third-order valence-electron chi connectivity index (χ3n) is 3.32. The molecule has 2 heterocycles. The Hall–Kier alpha value is -2.28. The van der Waals surface area contributed by atoms with Gasteiger partial charge in [0.25, 0.3) is 11.7 Å². The van der Waals surface area contributed by atoms with Gasteiger partial charge in [0.2, 0.25) is 0 Å². The van der Waals surface area contributed by atoms with Crippen LogP contribution in [-0.2, 0) is 18.4 Å². The molecule has 21 heavy (non-hydrogen) atoms. The molecule has 0 aliphatic carbocycles. The molecule has 1 amide bonds. The monoisotopic (exact) mass is 311 g/mol. The van der Waals surface area contributed by atoms with Crippen LogP contribution >= 0.6 is 11.6 Å². The van der Waals surface area contributed by atoms with Crippen molar-refractivity contribution in [3.05, 3.63) is 46.5 Å². The summed E-state index contributed by atoms with van der Waals surface area (Å²) in [4.78, 5) is 28.8. The van der Waals surface area contributed by atoms with E-state index in [0.29, 0.717) is 17.0 Å². The van der Waals surface area contributed by atoms with Crippen molar-refractivity contribution in [2.45, 2.75) is 6.54 Å². The molecule has 8 heteroatoms. The number of fused-ring (bicyclic) bond motifs is 1. The minimum atomic E-state index is -1.05. The molecule has 1 aliphatic rings. The van der Waals surface area contributed by atoms with Crippen molar-refractivity contribution in [3.63, 3.8) is 0 Å². The Balaban J connectivity index is 2.07. The maximum atomic E-state index is 13.7. The van der Waals surface area contributed by atoms with Gasteiger partial charge >= 0.3 is 0 Å². The van der Waals surface area contributed by atoms with Crippen LogP contribution in [0, 0.1) is 11.6 Å². The van der Waals surface area contributed by atoms with Gasteiger partial charge in [-0.3, -0.25) is 14.5 Å². The number of hydrogen-bond acceptors (Lipinski definition) is 3. The van der Waals surface area contributed by atoms with Gasteiger partial charge in [-0.15, -0.1) is 0 Å². The highest BCUT2D eigenvalue weighted by molar-refractivity contribution is 6.52. The first kappa shape index (κ1) is 13.7. The Kier molecular flexibility index (Phi) is 3.02. The number of rotatable bonds is 2. The molecule has 0 N–H and O–H groups in total. The quantitative estimate of drug-likeness (QED) is 0.798. The average Bonchev–Trinajstić information content (AvgIpc) is 2.85. The number of imidazole rings is 1. The minimum Gasteiger partial charge on any atom is -0.321 e. The van der Waals surface area contributed by atoms with E-state index in [0.717, 1.165) is 11.0 Å². The second kappa shape index (κ2) is 4.63. The summed E-state index contributed by atoms with van der Waals surface area (Å²) in [6.07, 6.45) is 1.38. The first-order valence-electron chi connectivity index (χ1n) is 5.91. The lowest BCUT2D eigenvalue weighted by Crippen LogP contribution is -2.30. The molecule has 5 nitrogen and oxygen atoms in total. The number of amides is 1. The van der Waals surface area contributed by atoms with E-state index in [2.05, 4.69) is 4.98 Å². The van der Waals surface area contributed by atoms with Crippen molar-refractivity contribution in [1.29, 1.82) is 0 Å². The summed E-state index contributed by atoms with van der Waals surface area (Å²) in [5, 5.41) is 0.341. The molecular formula is C13H8ClF2N3O2. The van der Waals surface area contributed by atoms with Crippen LogP contribution in [0.5, 0.6) is 0 Å². The van der Waals surface area contributed by atoms with Crippen LogP contribution in [0.15, 0.2) is 18.3 Å². The van der Waals surface area contributed by atoms with Gasteiger partial charge in [0.1, 0.15) is 22.6 Å². The van der Waals surface area contributed by atoms with E-state index in [-0.39, 0.29) is 12.2 Å². The first-order chi connectivity index (χ1) is 9.90. The lowest BCUT2D eigenvalue weighted by Gasteiger charge is -2.16. The number of carbonyl (C=O) groups excluding carboxylic acids is 2. The summed E-state index contributed by atoms with van der Waals surface area (Å²) in [6.45, 7) is -0.107. The van der Waals surface area contributed by atoms with E-state index >= 15 is 0 Å². The predicted molar refractivity (Wildman–Crippen MR) is 70.1 cm³/mol. The van der Waals surface area contributed by atoms with E-state index in [1.54, 1.807) is 7.05 Å². The molecule has 0 spiro atoms. The third kappa shape index (κ3) is 2.01. The summed E-state index contributed by atoms with van der Waals surface area (Å²) in [5.41, 5.74) is -0.511. The van der Waals surface area contributed by atoms with E-state index < -0.39 is 28.9 Å². The van der Waals surface area contributed by atoms with E-state index in [1.807, 2.05) is 0 Å². The molecule has 0 unspecified atom stereocenters. The summed E-state index contributed by atoms with van der Waals surface area (Å²) >= 11 is 5.84. The van der Waals surface area contributed by atoms with Gasteiger partial charge in [-0.25, -0.2) is 13.8 Å². The van der Waals surface area contributed by atoms with Gasteiger partial charge in [0, 0.05) is 13.1 Å². The minimum absolute atomic E-state index is 0.0957. The van der Waals surface area contributed by atoms with Crippen LogP contribution in [0.1, 0.15) is 16.2 Å². The predicted octanol–water partition coefficient (Wildman–Crippen LogP) is 2.08. The summed E-state index contributed by atoms with van der Waals surface area (Å²) in [6, 6.07) is 1.52. The number of Topliss-reactive ketones (excluding diaryl/α,β-unsaturated/α-hetero) is 1. The number of benzene rings is 1. The van der Waals surface area contributed by atoms with Gasteiger partial charge in [-0.2, -0.15) is 0 Å².